The minimum atomic E-state index is -3.77. The van der Waals surface area contributed by atoms with E-state index in [9.17, 15) is 8.42 Å². The van der Waals surface area contributed by atoms with Gasteiger partial charge in [0.05, 0.1) is 16.3 Å². The highest BCUT2D eigenvalue weighted by atomic mass is 32.2. The Morgan fingerprint density at radius 1 is 1.00 bits per heavy atom. The smallest absolute Gasteiger partial charge is 0.213 e. The molecule has 0 radical (unpaired) electrons. The highest BCUT2D eigenvalue weighted by Gasteiger charge is 2.29. The van der Waals surface area contributed by atoms with Gasteiger partial charge in [-0.15, -0.1) is 11.8 Å². The maximum Gasteiger partial charge on any atom is 0.213 e. The van der Waals surface area contributed by atoms with E-state index in [1.165, 1.54) is 11.8 Å². The molecule has 4 aromatic rings. The van der Waals surface area contributed by atoms with E-state index in [1.54, 1.807) is 47.3 Å². The predicted octanol–water partition coefficient (Wildman–Crippen LogP) is 3.65. The van der Waals surface area contributed by atoms with Crippen LogP contribution in [0.2, 0.25) is 0 Å². The summed E-state index contributed by atoms with van der Waals surface area (Å²) in [6.07, 6.45) is 3.49. The molecule has 136 valence electrons. The Kier molecular flexibility index (Phi) is 4.45. The number of sulfone groups is 1. The summed E-state index contributed by atoms with van der Waals surface area (Å²) < 4.78 is 28.2. The summed E-state index contributed by atoms with van der Waals surface area (Å²) in [5.41, 5.74) is 2.38. The Labute approximate surface area is 161 Å². The van der Waals surface area contributed by atoms with Crippen molar-refractivity contribution in [1.29, 1.82) is 0 Å². The second kappa shape index (κ2) is 6.79. The van der Waals surface area contributed by atoms with Crippen molar-refractivity contribution in [1.82, 2.24) is 19.6 Å². The summed E-state index contributed by atoms with van der Waals surface area (Å²) in [7, 11) is -3.77. The Hall–Kier alpha value is -2.71. The molecule has 0 fully saturated rings. The molecule has 0 aliphatic heterocycles. The van der Waals surface area contributed by atoms with E-state index in [1.807, 2.05) is 31.2 Å². The number of benzene rings is 1. The number of rotatable bonds is 4. The normalized spacial score (nSPS) is 11.8. The van der Waals surface area contributed by atoms with Gasteiger partial charge in [0.15, 0.2) is 10.5 Å². The van der Waals surface area contributed by atoms with E-state index in [0.29, 0.717) is 22.1 Å². The van der Waals surface area contributed by atoms with E-state index in [0.717, 1.165) is 5.69 Å². The third-order valence-corrected chi connectivity index (χ3v) is 6.75. The SMILES string of the molecule is CSc1nn2c(C)cc(-c3ccccn3)nc2c1S(=O)(=O)c1ccccc1. The van der Waals surface area contributed by atoms with Crippen molar-refractivity contribution in [2.24, 2.45) is 0 Å². The Morgan fingerprint density at radius 3 is 2.41 bits per heavy atom. The van der Waals surface area contributed by atoms with Crippen LogP contribution in [0, 0.1) is 6.92 Å². The Bertz CT molecular complexity index is 1220. The van der Waals surface area contributed by atoms with Crippen molar-refractivity contribution in [2.75, 3.05) is 6.26 Å². The molecule has 0 atom stereocenters. The lowest BCUT2D eigenvalue weighted by Crippen LogP contribution is -2.05. The van der Waals surface area contributed by atoms with Crippen molar-refractivity contribution < 1.29 is 8.42 Å². The molecule has 27 heavy (non-hydrogen) atoms. The van der Waals surface area contributed by atoms with Gasteiger partial charge in [0.2, 0.25) is 9.84 Å². The minimum absolute atomic E-state index is 0.127. The van der Waals surface area contributed by atoms with Gasteiger partial charge in [0, 0.05) is 11.9 Å². The fraction of sp³-hybridized carbons (Fsp3) is 0.105. The fourth-order valence-corrected chi connectivity index (χ4v) is 5.27. The average molecular weight is 396 g/mol. The number of aryl methyl sites for hydroxylation is 1. The molecule has 0 saturated heterocycles. The van der Waals surface area contributed by atoms with E-state index in [4.69, 9.17) is 0 Å². The van der Waals surface area contributed by atoms with E-state index in [2.05, 4.69) is 15.1 Å². The maximum absolute atomic E-state index is 13.3. The molecule has 8 heteroatoms. The lowest BCUT2D eigenvalue weighted by molar-refractivity contribution is 0.594. The molecule has 0 aliphatic carbocycles. The number of aromatic nitrogens is 4. The van der Waals surface area contributed by atoms with Crippen molar-refractivity contribution in [2.45, 2.75) is 21.7 Å². The van der Waals surface area contributed by atoms with Crippen LogP contribution < -0.4 is 0 Å². The van der Waals surface area contributed by atoms with Crippen LogP contribution in [0.25, 0.3) is 17.0 Å². The zero-order chi connectivity index (χ0) is 19.0. The van der Waals surface area contributed by atoms with Gasteiger partial charge in [0.25, 0.3) is 0 Å². The molecule has 0 saturated carbocycles. The van der Waals surface area contributed by atoms with Gasteiger partial charge in [-0.1, -0.05) is 24.3 Å². The van der Waals surface area contributed by atoms with Gasteiger partial charge in [0.1, 0.15) is 5.03 Å². The highest BCUT2D eigenvalue weighted by Crippen LogP contribution is 2.33. The first-order valence-electron chi connectivity index (χ1n) is 8.18. The van der Waals surface area contributed by atoms with Crippen molar-refractivity contribution >= 4 is 27.2 Å². The monoisotopic (exact) mass is 396 g/mol. The zero-order valence-electron chi connectivity index (χ0n) is 14.7. The number of fused-ring (bicyclic) bond motifs is 1. The average Bonchev–Trinajstić information content (AvgIpc) is 3.09. The lowest BCUT2D eigenvalue weighted by Gasteiger charge is -2.06. The van der Waals surface area contributed by atoms with Crippen molar-refractivity contribution in [3.8, 4) is 11.4 Å². The summed E-state index contributed by atoms with van der Waals surface area (Å²) in [5.74, 6) is 0. The molecular weight excluding hydrogens is 380 g/mol. The summed E-state index contributed by atoms with van der Waals surface area (Å²) in [4.78, 5) is 9.29. The molecule has 0 unspecified atom stereocenters. The van der Waals surface area contributed by atoms with Gasteiger partial charge in [-0.2, -0.15) is 5.10 Å². The fourth-order valence-electron chi connectivity index (χ4n) is 2.86. The first-order valence-corrected chi connectivity index (χ1v) is 10.9. The number of hydrogen-bond acceptors (Lipinski definition) is 6. The van der Waals surface area contributed by atoms with Gasteiger partial charge in [-0.25, -0.2) is 17.9 Å². The van der Waals surface area contributed by atoms with E-state index >= 15 is 0 Å². The Balaban J connectivity index is 2.04. The van der Waals surface area contributed by atoms with E-state index in [-0.39, 0.29) is 9.79 Å². The molecule has 3 aromatic heterocycles. The molecule has 0 bridgehead atoms. The van der Waals surface area contributed by atoms with E-state index < -0.39 is 9.84 Å². The standard InChI is InChI=1S/C19H16N4O2S2/c1-13-12-16(15-10-6-7-11-20-15)21-18-17(19(26-2)22-23(13)18)27(24,25)14-8-4-3-5-9-14/h3-12H,1-2H3. The number of nitrogens with zero attached hydrogens (tertiary/aromatic N) is 4. The molecule has 0 N–H and O–H groups in total. The highest BCUT2D eigenvalue weighted by molar-refractivity contribution is 7.99. The van der Waals surface area contributed by atoms with Gasteiger partial charge < -0.3 is 0 Å². The van der Waals surface area contributed by atoms with Gasteiger partial charge >= 0.3 is 0 Å². The summed E-state index contributed by atoms with van der Waals surface area (Å²) >= 11 is 1.29. The number of pyridine rings is 1. The van der Waals surface area contributed by atoms with Gasteiger partial charge in [-0.3, -0.25) is 4.98 Å². The van der Waals surface area contributed by atoms with Crippen LogP contribution in [0.15, 0.2) is 75.6 Å². The molecular formula is C19H16N4O2S2. The zero-order valence-corrected chi connectivity index (χ0v) is 16.3. The third-order valence-electron chi connectivity index (χ3n) is 4.14. The van der Waals surface area contributed by atoms with Crippen LogP contribution in [0.3, 0.4) is 0 Å². The van der Waals surface area contributed by atoms with Crippen LogP contribution in [-0.2, 0) is 9.84 Å². The second-order valence-electron chi connectivity index (χ2n) is 5.89. The summed E-state index contributed by atoms with van der Waals surface area (Å²) in [6.45, 7) is 1.87. The predicted molar refractivity (Wildman–Crippen MR) is 105 cm³/mol. The van der Waals surface area contributed by atoms with Crippen LogP contribution in [0.4, 0.5) is 0 Å². The molecule has 0 aliphatic rings. The lowest BCUT2D eigenvalue weighted by atomic mass is 10.2. The van der Waals surface area contributed by atoms with Crippen LogP contribution in [-0.4, -0.2) is 34.3 Å². The first kappa shape index (κ1) is 17.7. The molecule has 0 spiro atoms. The van der Waals surface area contributed by atoms with Crippen LogP contribution in [0.5, 0.6) is 0 Å². The molecule has 3 heterocycles. The first-order chi connectivity index (χ1) is 13.0. The summed E-state index contributed by atoms with van der Waals surface area (Å²) in [6, 6.07) is 15.7. The quantitative estimate of drug-likeness (QED) is 0.490. The summed E-state index contributed by atoms with van der Waals surface area (Å²) in [5, 5.41) is 4.90. The third kappa shape index (κ3) is 3.00. The molecule has 4 rings (SSSR count). The maximum atomic E-state index is 13.3. The van der Waals surface area contributed by atoms with Crippen molar-refractivity contribution in [3.05, 3.63) is 66.5 Å². The topological polar surface area (TPSA) is 77.2 Å². The van der Waals surface area contributed by atoms with Gasteiger partial charge in [-0.05, 0) is 43.5 Å². The minimum Gasteiger partial charge on any atom is -0.255 e. The molecule has 0 amide bonds. The molecule has 1 aromatic carbocycles. The Morgan fingerprint density at radius 2 is 1.74 bits per heavy atom. The second-order valence-corrected chi connectivity index (χ2v) is 8.57. The van der Waals surface area contributed by atoms with Crippen LogP contribution >= 0.6 is 11.8 Å². The van der Waals surface area contributed by atoms with Crippen LogP contribution in [0.1, 0.15) is 5.69 Å². The molecule has 6 nitrogen and oxygen atoms in total. The number of hydrogen-bond donors (Lipinski definition) is 0. The van der Waals surface area contributed by atoms with Crippen molar-refractivity contribution in [3.63, 3.8) is 0 Å². The number of thioether (sulfide) groups is 1. The largest absolute Gasteiger partial charge is 0.255 e.